The molecule has 0 aliphatic carbocycles. The Morgan fingerprint density at radius 2 is 1.93 bits per heavy atom. The van der Waals surface area contributed by atoms with Crippen molar-refractivity contribution in [1.82, 2.24) is 19.8 Å². The predicted octanol–water partition coefficient (Wildman–Crippen LogP) is 3.21. The lowest BCUT2D eigenvalue weighted by molar-refractivity contribution is 0.0206. The lowest BCUT2D eigenvalue weighted by Gasteiger charge is -2.28. The van der Waals surface area contributed by atoms with Gasteiger partial charge in [-0.05, 0) is 46.2 Å². The summed E-state index contributed by atoms with van der Waals surface area (Å²) in [4.78, 5) is 37.3. The van der Waals surface area contributed by atoms with Crippen LogP contribution in [0.25, 0.3) is 11.3 Å². The highest BCUT2D eigenvalue weighted by Gasteiger charge is 2.50. The molecule has 0 saturated carbocycles. The van der Waals surface area contributed by atoms with Crippen LogP contribution in [0.5, 0.6) is 0 Å². The van der Waals surface area contributed by atoms with E-state index in [1.807, 2.05) is 27.7 Å². The number of rotatable bonds is 2. The lowest BCUT2D eigenvalue weighted by Crippen LogP contribution is -2.43. The summed E-state index contributed by atoms with van der Waals surface area (Å²) < 4.78 is 11.3. The van der Waals surface area contributed by atoms with E-state index in [4.69, 9.17) is 9.15 Å². The molecule has 0 spiro atoms. The van der Waals surface area contributed by atoms with Crippen LogP contribution in [0.4, 0.5) is 4.79 Å². The van der Waals surface area contributed by atoms with Gasteiger partial charge in [0.2, 0.25) is 0 Å². The molecule has 8 nitrogen and oxygen atoms in total. The van der Waals surface area contributed by atoms with Gasteiger partial charge in [0.15, 0.2) is 5.76 Å². The molecule has 0 unspecified atom stereocenters. The minimum atomic E-state index is -0.550. The highest BCUT2D eigenvalue weighted by atomic mass is 16.6. The van der Waals surface area contributed by atoms with Crippen LogP contribution in [0.1, 0.15) is 44.8 Å². The molecule has 8 heteroatoms. The normalized spacial score (nSPS) is 23.9. The molecule has 0 aromatic carbocycles. The fourth-order valence-corrected chi connectivity index (χ4v) is 4.23. The molecule has 4 rings (SSSR count). The van der Waals surface area contributed by atoms with Gasteiger partial charge in [-0.3, -0.25) is 9.78 Å². The summed E-state index contributed by atoms with van der Waals surface area (Å²) in [6, 6.07) is 3.57. The van der Waals surface area contributed by atoms with Crippen molar-refractivity contribution in [3.8, 4) is 11.3 Å². The third-order valence-electron chi connectivity index (χ3n) is 5.64. The Labute approximate surface area is 169 Å². The minimum absolute atomic E-state index is 0.0181. The van der Waals surface area contributed by atoms with Crippen molar-refractivity contribution in [2.45, 2.75) is 51.8 Å². The van der Waals surface area contributed by atoms with E-state index in [0.717, 1.165) is 12.0 Å². The molecule has 2 aromatic rings. The molecule has 2 saturated heterocycles. The number of ether oxygens (including phenoxy) is 1. The largest absolute Gasteiger partial charge is 0.444 e. The molecule has 2 fully saturated rings. The Bertz CT molecular complexity index is 905. The predicted molar refractivity (Wildman–Crippen MR) is 105 cm³/mol. The van der Waals surface area contributed by atoms with Crippen LogP contribution in [-0.2, 0) is 4.74 Å². The van der Waals surface area contributed by atoms with E-state index < -0.39 is 5.60 Å². The van der Waals surface area contributed by atoms with Crippen molar-refractivity contribution in [3.05, 3.63) is 36.6 Å². The maximum atomic E-state index is 13.1. The summed E-state index contributed by atoms with van der Waals surface area (Å²) in [5.41, 5.74) is 0.266. The van der Waals surface area contributed by atoms with Crippen molar-refractivity contribution >= 4 is 12.0 Å². The van der Waals surface area contributed by atoms with Gasteiger partial charge in [0.1, 0.15) is 5.60 Å². The molecule has 0 radical (unpaired) electrons. The first-order valence-electron chi connectivity index (χ1n) is 9.91. The van der Waals surface area contributed by atoms with Crippen LogP contribution in [0.2, 0.25) is 0 Å². The number of carbonyl (C=O) groups is 2. The molecule has 0 bridgehead atoms. The average molecular weight is 398 g/mol. The van der Waals surface area contributed by atoms with Crippen LogP contribution in [0.3, 0.4) is 0 Å². The standard InChI is InChI=1S/C21H26N4O4/c1-13-15-7-10-24(16(15)12-25(13)20(27)29-21(2,3)4)19(26)18-23-11-17(28-18)14-5-8-22-9-6-14/h5-6,8-9,11,13,15-16H,7,10,12H2,1-4H3/t13-,15-,16+/m1/s1. The Balaban J connectivity index is 1.49. The van der Waals surface area contributed by atoms with Crippen molar-refractivity contribution < 1.29 is 18.7 Å². The Kier molecular flexibility index (Phi) is 4.80. The number of hydrogen-bond donors (Lipinski definition) is 0. The third-order valence-corrected chi connectivity index (χ3v) is 5.64. The van der Waals surface area contributed by atoms with Crippen LogP contribution < -0.4 is 0 Å². The molecule has 2 amide bonds. The van der Waals surface area contributed by atoms with Crippen LogP contribution in [0.15, 0.2) is 35.1 Å². The summed E-state index contributed by atoms with van der Waals surface area (Å²) in [7, 11) is 0. The molecule has 154 valence electrons. The second-order valence-electron chi connectivity index (χ2n) is 8.66. The number of pyridine rings is 1. The topological polar surface area (TPSA) is 88.8 Å². The third kappa shape index (κ3) is 3.71. The monoisotopic (exact) mass is 398 g/mol. The summed E-state index contributed by atoms with van der Waals surface area (Å²) in [5, 5.41) is 0. The highest BCUT2D eigenvalue weighted by Crippen LogP contribution is 2.38. The zero-order chi connectivity index (χ0) is 20.8. The summed E-state index contributed by atoms with van der Waals surface area (Å²) in [5.74, 6) is 0.583. The van der Waals surface area contributed by atoms with Crippen LogP contribution >= 0.6 is 0 Å². The fourth-order valence-electron chi connectivity index (χ4n) is 4.23. The second-order valence-corrected chi connectivity index (χ2v) is 8.66. The van der Waals surface area contributed by atoms with Gasteiger partial charge < -0.3 is 19.0 Å². The number of carbonyl (C=O) groups excluding carboxylic acids is 2. The smallest absolute Gasteiger partial charge is 0.410 e. The van der Waals surface area contributed by atoms with Crippen molar-refractivity contribution in [2.24, 2.45) is 5.92 Å². The SMILES string of the molecule is C[C@@H]1[C@H]2CCN(C(=O)c3ncc(-c4ccncc4)o3)[C@H]2CN1C(=O)OC(C)(C)C. The number of fused-ring (bicyclic) bond motifs is 1. The lowest BCUT2D eigenvalue weighted by atomic mass is 9.98. The molecule has 29 heavy (non-hydrogen) atoms. The van der Waals surface area contributed by atoms with Gasteiger partial charge in [0, 0.05) is 43.0 Å². The van der Waals surface area contributed by atoms with Gasteiger partial charge in [-0.1, -0.05) is 0 Å². The van der Waals surface area contributed by atoms with E-state index >= 15 is 0 Å². The Morgan fingerprint density at radius 1 is 1.21 bits per heavy atom. The number of oxazole rings is 1. The summed E-state index contributed by atoms with van der Waals surface area (Å²) in [6.07, 6.45) is 5.39. The minimum Gasteiger partial charge on any atom is -0.444 e. The quantitative estimate of drug-likeness (QED) is 0.772. The van der Waals surface area contributed by atoms with E-state index in [-0.39, 0.29) is 35.9 Å². The molecule has 0 N–H and O–H groups in total. The molecule has 2 aliphatic rings. The first-order chi connectivity index (χ1) is 13.7. The number of nitrogens with zero attached hydrogens (tertiary/aromatic N) is 4. The van der Waals surface area contributed by atoms with Crippen molar-refractivity contribution in [3.63, 3.8) is 0 Å². The van der Waals surface area contributed by atoms with Crippen LogP contribution in [-0.4, -0.2) is 62.5 Å². The maximum Gasteiger partial charge on any atom is 0.410 e. The maximum absolute atomic E-state index is 13.1. The van der Waals surface area contributed by atoms with Crippen molar-refractivity contribution in [2.75, 3.05) is 13.1 Å². The molecular weight excluding hydrogens is 372 g/mol. The van der Waals surface area contributed by atoms with Gasteiger partial charge >= 0.3 is 12.0 Å². The number of likely N-dealkylation sites (tertiary alicyclic amines) is 2. The zero-order valence-electron chi connectivity index (χ0n) is 17.2. The highest BCUT2D eigenvalue weighted by molar-refractivity contribution is 5.90. The van der Waals surface area contributed by atoms with E-state index in [1.165, 1.54) is 0 Å². The van der Waals surface area contributed by atoms with Crippen LogP contribution in [0, 0.1) is 5.92 Å². The molecule has 3 atom stereocenters. The molecule has 2 aliphatic heterocycles. The Morgan fingerprint density at radius 3 is 2.62 bits per heavy atom. The van der Waals surface area contributed by atoms with Gasteiger partial charge in [-0.2, -0.15) is 0 Å². The van der Waals surface area contributed by atoms with Crippen molar-refractivity contribution in [1.29, 1.82) is 0 Å². The Hall–Kier alpha value is -2.90. The summed E-state index contributed by atoms with van der Waals surface area (Å²) in [6.45, 7) is 8.68. The molecule has 2 aromatic heterocycles. The number of hydrogen-bond acceptors (Lipinski definition) is 6. The zero-order valence-corrected chi connectivity index (χ0v) is 17.2. The first-order valence-corrected chi connectivity index (χ1v) is 9.91. The molecular formula is C21H26N4O4. The van der Waals surface area contributed by atoms with E-state index in [1.54, 1.807) is 40.5 Å². The second kappa shape index (κ2) is 7.17. The number of aromatic nitrogens is 2. The summed E-state index contributed by atoms with van der Waals surface area (Å²) >= 11 is 0. The average Bonchev–Trinajstić information content (AvgIpc) is 3.37. The van der Waals surface area contributed by atoms with E-state index in [0.29, 0.717) is 18.8 Å². The van der Waals surface area contributed by atoms with E-state index in [9.17, 15) is 9.59 Å². The van der Waals surface area contributed by atoms with Gasteiger partial charge in [-0.25, -0.2) is 9.78 Å². The first kappa shape index (κ1) is 19.4. The fraction of sp³-hybridized carbons (Fsp3) is 0.524. The van der Waals surface area contributed by atoms with Gasteiger partial charge in [-0.15, -0.1) is 0 Å². The van der Waals surface area contributed by atoms with Gasteiger partial charge in [0.05, 0.1) is 12.2 Å². The van der Waals surface area contributed by atoms with E-state index in [2.05, 4.69) is 9.97 Å². The number of amides is 2. The molecule has 4 heterocycles. The van der Waals surface area contributed by atoms with Gasteiger partial charge in [0.25, 0.3) is 5.89 Å².